The Morgan fingerprint density at radius 3 is 2.88 bits per heavy atom. The van der Waals surface area contributed by atoms with Gasteiger partial charge in [0.1, 0.15) is 0 Å². The van der Waals surface area contributed by atoms with Gasteiger partial charge in [-0.25, -0.2) is 4.98 Å². The van der Waals surface area contributed by atoms with Crippen molar-refractivity contribution in [2.24, 2.45) is 0 Å². The Morgan fingerprint density at radius 1 is 1.44 bits per heavy atom. The Kier molecular flexibility index (Phi) is 2.92. The Hall–Kier alpha value is -1.42. The van der Waals surface area contributed by atoms with E-state index in [0.717, 1.165) is 5.69 Å². The van der Waals surface area contributed by atoms with Gasteiger partial charge in [0.2, 0.25) is 5.95 Å². The normalized spacial score (nSPS) is 10.8. The fraction of sp³-hybridized carbons (Fsp3) is 0.273. The molecule has 0 aliphatic heterocycles. The summed E-state index contributed by atoms with van der Waals surface area (Å²) in [5.41, 5.74) is 1.93. The van der Waals surface area contributed by atoms with Crippen LogP contribution in [0.25, 0.3) is 11.3 Å². The first kappa shape index (κ1) is 11.1. The van der Waals surface area contributed by atoms with Crippen molar-refractivity contribution >= 4 is 11.6 Å². The van der Waals surface area contributed by atoms with E-state index in [-0.39, 0.29) is 0 Å². The molecule has 2 heterocycles. The predicted molar refractivity (Wildman–Crippen MR) is 60.8 cm³/mol. The van der Waals surface area contributed by atoms with Crippen LogP contribution >= 0.6 is 11.6 Å². The summed E-state index contributed by atoms with van der Waals surface area (Å²) in [4.78, 5) is 3.60. The molecule has 0 aromatic carbocycles. The maximum absolute atomic E-state index is 13.6. The Balaban J connectivity index is 2.61. The van der Waals surface area contributed by atoms with Crippen molar-refractivity contribution in [2.75, 3.05) is 0 Å². The van der Waals surface area contributed by atoms with E-state index in [1.54, 1.807) is 10.7 Å². The molecule has 0 aliphatic rings. The smallest absolute Gasteiger partial charge is 0.222 e. The van der Waals surface area contributed by atoms with Crippen LogP contribution in [-0.2, 0) is 6.54 Å². The van der Waals surface area contributed by atoms with Crippen LogP contribution in [0.5, 0.6) is 0 Å². The van der Waals surface area contributed by atoms with Crippen molar-refractivity contribution < 1.29 is 4.39 Å². The number of hydrogen-bond acceptors (Lipinski definition) is 2. The van der Waals surface area contributed by atoms with Gasteiger partial charge < -0.3 is 0 Å². The van der Waals surface area contributed by atoms with Crippen molar-refractivity contribution in [3.05, 3.63) is 35.0 Å². The molecular weight excluding hydrogens is 229 g/mol. The lowest BCUT2D eigenvalue weighted by molar-refractivity contribution is 0.582. The molecule has 0 aliphatic carbocycles. The monoisotopic (exact) mass is 239 g/mol. The molecule has 5 heteroatoms. The Bertz CT molecular complexity index is 522. The van der Waals surface area contributed by atoms with Gasteiger partial charge in [-0.15, -0.1) is 0 Å². The van der Waals surface area contributed by atoms with Gasteiger partial charge >= 0.3 is 0 Å². The van der Waals surface area contributed by atoms with Crippen LogP contribution in [0.1, 0.15) is 12.6 Å². The highest BCUT2D eigenvalue weighted by atomic mass is 35.5. The molecule has 0 radical (unpaired) electrons. The molecule has 2 aromatic heterocycles. The average molecular weight is 240 g/mol. The van der Waals surface area contributed by atoms with Crippen molar-refractivity contribution in [1.29, 1.82) is 0 Å². The van der Waals surface area contributed by atoms with Gasteiger partial charge in [-0.2, -0.15) is 9.49 Å². The standard InChI is InChI=1S/C11H11ClFN3/c1-3-16-10(4-7(2)15-16)9-5-8(12)6-14-11(9)13/h4-6H,3H2,1-2H3. The summed E-state index contributed by atoms with van der Waals surface area (Å²) in [6.07, 6.45) is 1.29. The van der Waals surface area contributed by atoms with E-state index in [1.165, 1.54) is 6.20 Å². The first-order valence-corrected chi connectivity index (χ1v) is 5.35. The van der Waals surface area contributed by atoms with E-state index < -0.39 is 5.95 Å². The summed E-state index contributed by atoms with van der Waals surface area (Å²) in [5, 5.41) is 4.67. The minimum Gasteiger partial charge on any atom is -0.265 e. The lowest BCUT2D eigenvalue weighted by atomic mass is 10.2. The quantitative estimate of drug-likeness (QED) is 0.754. The maximum atomic E-state index is 13.6. The Morgan fingerprint density at radius 2 is 2.19 bits per heavy atom. The van der Waals surface area contributed by atoms with E-state index in [0.29, 0.717) is 22.8 Å². The molecule has 0 amide bonds. The highest BCUT2D eigenvalue weighted by molar-refractivity contribution is 6.30. The molecule has 84 valence electrons. The number of aromatic nitrogens is 3. The molecule has 0 unspecified atom stereocenters. The van der Waals surface area contributed by atoms with Crippen molar-refractivity contribution in [3.8, 4) is 11.3 Å². The summed E-state index contributed by atoms with van der Waals surface area (Å²) in [6.45, 7) is 4.49. The summed E-state index contributed by atoms with van der Waals surface area (Å²) in [6, 6.07) is 3.38. The highest BCUT2D eigenvalue weighted by Crippen LogP contribution is 2.25. The van der Waals surface area contributed by atoms with Gasteiger partial charge in [-0.1, -0.05) is 11.6 Å². The summed E-state index contributed by atoms with van der Waals surface area (Å²) in [7, 11) is 0. The molecule has 0 spiro atoms. The molecule has 3 nitrogen and oxygen atoms in total. The van der Waals surface area contributed by atoms with Crippen molar-refractivity contribution in [2.45, 2.75) is 20.4 Å². The van der Waals surface area contributed by atoms with Crippen LogP contribution in [0.4, 0.5) is 4.39 Å². The van der Waals surface area contributed by atoms with Crippen LogP contribution in [0.2, 0.25) is 5.02 Å². The first-order chi connectivity index (χ1) is 7.61. The molecule has 0 saturated heterocycles. The van der Waals surface area contributed by atoms with Crippen LogP contribution < -0.4 is 0 Å². The highest BCUT2D eigenvalue weighted by Gasteiger charge is 2.12. The predicted octanol–water partition coefficient (Wildman–Crippen LogP) is 3.07. The van der Waals surface area contributed by atoms with Gasteiger partial charge in [0, 0.05) is 12.7 Å². The van der Waals surface area contributed by atoms with Gasteiger partial charge in [0.25, 0.3) is 0 Å². The summed E-state index contributed by atoms with van der Waals surface area (Å²) in [5.74, 6) is -0.529. The number of pyridine rings is 1. The zero-order valence-corrected chi connectivity index (χ0v) is 9.79. The number of aryl methyl sites for hydroxylation is 2. The van der Waals surface area contributed by atoms with Crippen LogP contribution in [-0.4, -0.2) is 14.8 Å². The van der Waals surface area contributed by atoms with E-state index in [1.807, 2.05) is 19.9 Å². The zero-order chi connectivity index (χ0) is 11.7. The number of halogens is 2. The largest absolute Gasteiger partial charge is 0.265 e. The molecule has 0 N–H and O–H groups in total. The zero-order valence-electron chi connectivity index (χ0n) is 9.04. The number of rotatable bonds is 2. The van der Waals surface area contributed by atoms with Gasteiger partial charge in [0.05, 0.1) is 22.0 Å². The fourth-order valence-electron chi connectivity index (χ4n) is 1.61. The third-order valence-electron chi connectivity index (χ3n) is 2.28. The molecule has 0 atom stereocenters. The molecule has 2 rings (SSSR count). The molecule has 2 aromatic rings. The lowest BCUT2D eigenvalue weighted by Gasteiger charge is -2.05. The van der Waals surface area contributed by atoms with Crippen molar-refractivity contribution in [1.82, 2.24) is 14.8 Å². The average Bonchev–Trinajstić information content (AvgIpc) is 2.63. The van der Waals surface area contributed by atoms with Crippen molar-refractivity contribution in [3.63, 3.8) is 0 Å². The molecule has 16 heavy (non-hydrogen) atoms. The number of hydrogen-bond donors (Lipinski definition) is 0. The van der Waals surface area contributed by atoms with Crippen LogP contribution in [0, 0.1) is 12.9 Å². The van der Waals surface area contributed by atoms with Gasteiger partial charge in [-0.05, 0) is 26.0 Å². The SMILES string of the molecule is CCn1nc(C)cc1-c1cc(Cl)cnc1F. The molecular formula is C11H11ClFN3. The third kappa shape index (κ3) is 1.93. The van der Waals surface area contributed by atoms with Gasteiger partial charge in [-0.3, -0.25) is 4.68 Å². The summed E-state index contributed by atoms with van der Waals surface area (Å²) >= 11 is 5.81. The lowest BCUT2D eigenvalue weighted by Crippen LogP contribution is -2.01. The fourth-order valence-corrected chi connectivity index (χ4v) is 1.76. The topological polar surface area (TPSA) is 30.7 Å². The summed E-state index contributed by atoms with van der Waals surface area (Å²) < 4.78 is 15.3. The van der Waals surface area contributed by atoms with Gasteiger partial charge in [0.15, 0.2) is 0 Å². The molecule has 0 fully saturated rings. The third-order valence-corrected chi connectivity index (χ3v) is 2.49. The Labute approximate surface area is 97.9 Å². The minimum absolute atomic E-state index is 0.384. The maximum Gasteiger partial charge on any atom is 0.222 e. The second-order valence-corrected chi connectivity index (χ2v) is 3.92. The van der Waals surface area contributed by atoms with E-state index in [2.05, 4.69) is 10.1 Å². The molecule has 0 bridgehead atoms. The first-order valence-electron chi connectivity index (χ1n) is 4.97. The second kappa shape index (κ2) is 4.22. The number of nitrogens with zero attached hydrogens (tertiary/aromatic N) is 3. The van der Waals surface area contributed by atoms with E-state index in [9.17, 15) is 4.39 Å². The van der Waals surface area contributed by atoms with Crippen LogP contribution in [0.15, 0.2) is 18.3 Å². The minimum atomic E-state index is -0.529. The van der Waals surface area contributed by atoms with E-state index in [4.69, 9.17) is 11.6 Å². The van der Waals surface area contributed by atoms with E-state index >= 15 is 0 Å². The van der Waals surface area contributed by atoms with Crippen LogP contribution in [0.3, 0.4) is 0 Å². The second-order valence-electron chi connectivity index (χ2n) is 3.48. The molecule has 0 saturated carbocycles.